The predicted octanol–water partition coefficient (Wildman–Crippen LogP) is 2.77. The number of fused-ring (bicyclic) bond motifs is 1. The second-order valence-electron chi connectivity index (χ2n) is 4.99. The average Bonchev–Trinajstić information content (AvgIpc) is 3.04. The molecule has 1 aliphatic carbocycles. The Morgan fingerprint density at radius 1 is 1.39 bits per heavy atom. The third kappa shape index (κ3) is 2.28. The van der Waals surface area contributed by atoms with Gasteiger partial charge in [0.05, 0.1) is 12.9 Å². The molecule has 0 amide bonds. The summed E-state index contributed by atoms with van der Waals surface area (Å²) in [5.74, 6) is 1.42. The number of methoxy groups -OCH3 is 1. The van der Waals surface area contributed by atoms with E-state index >= 15 is 0 Å². The van der Waals surface area contributed by atoms with Crippen molar-refractivity contribution in [1.82, 2.24) is 5.32 Å². The Morgan fingerprint density at radius 3 is 3.17 bits per heavy atom. The molecule has 1 N–H and O–H groups in total. The maximum Gasteiger partial charge on any atom is 0.134 e. The number of nitrogens with one attached hydrogen (secondary N) is 1. The Hall–Kier alpha value is -1.32. The van der Waals surface area contributed by atoms with Crippen molar-refractivity contribution < 1.29 is 9.15 Å². The Bertz CT molecular complexity index is 520. The molecule has 0 saturated heterocycles. The molecular weight excluding hydrogens is 226 g/mol. The first-order valence-corrected chi connectivity index (χ1v) is 6.56. The molecule has 1 heterocycles. The monoisotopic (exact) mass is 245 g/mol. The first kappa shape index (κ1) is 11.8. The van der Waals surface area contributed by atoms with Crippen LogP contribution in [-0.2, 0) is 4.74 Å². The molecule has 0 radical (unpaired) electrons. The number of furan rings is 1. The number of para-hydroxylation sites is 1. The molecule has 1 saturated carbocycles. The van der Waals surface area contributed by atoms with Gasteiger partial charge in [0.2, 0.25) is 0 Å². The van der Waals surface area contributed by atoms with Crippen LogP contribution < -0.4 is 5.32 Å². The van der Waals surface area contributed by atoms with Crippen molar-refractivity contribution in [2.24, 2.45) is 5.92 Å². The minimum absolute atomic E-state index is 0.670. The number of ether oxygens (including phenoxy) is 1. The van der Waals surface area contributed by atoms with E-state index in [9.17, 15) is 0 Å². The van der Waals surface area contributed by atoms with Gasteiger partial charge >= 0.3 is 0 Å². The van der Waals surface area contributed by atoms with E-state index in [2.05, 4.69) is 17.4 Å². The van der Waals surface area contributed by atoms with Gasteiger partial charge in [-0.3, -0.25) is 0 Å². The minimum atomic E-state index is 0.670. The SMILES string of the molecule is COCCNCC1CC1c1coc2ccccc12. The standard InChI is InChI=1S/C15H19NO2/c1-17-7-6-16-9-11-8-13(11)14-10-18-15-5-3-2-4-12(14)15/h2-5,10-11,13,16H,6-9H2,1H3. The summed E-state index contributed by atoms with van der Waals surface area (Å²) in [6.45, 7) is 2.80. The van der Waals surface area contributed by atoms with Crippen molar-refractivity contribution in [2.45, 2.75) is 12.3 Å². The smallest absolute Gasteiger partial charge is 0.134 e. The highest BCUT2D eigenvalue weighted by Gasteiger charge is 2.39. The summed E-state index contributed by atoms with van der Waals surface area (Å²) in [6, 6.07) is 8.29. The third-order valence-corrected chi connectivity index (χ3v) is 3.72. The Morgan fingerprint density at radius 2 is 2.28 bits per heavy atom. The molecule has 3 rings (SSSR count). The molecular formula is C15H19NO2. The topological polar surface area (TPSA) is 34.4 Å². The quantitative estimate of drug-likeness (QED) is 0.795. The normalized spacial score (nSPS) is 22.5. The van der Waals surface area contributed by atoms with Crippen molar-refractivity contribution in [3.8, 4) is 0 Å². The molecule has 3 heteroatoms. The molecule has 0 bridgehead atoms. The van der Waals surface area contributed by atoms with E-state index in [0.29, 0.717) is 5.92 Å². The van der Waals surface area contributed by atoms with Gasteiger partial charge in [0, 0.05) is 24.6 Å². The van der Waals surface area contributed by atoms with Crippen LogP contribution in [0.25, 0.3) is 11.0 Å². The molecule has 1 aromatic carbocycles. The Labute approximate surface area is 107 Å². The van der Waals surface area contributed by atoms with Crippen LogP contribution in [0, 0.1) is 5.92 Å². The van der Waals surface area contributed by atoms with Crippen LogP contribution in [0.2, 0.25) is 0 Å². The Balaban J connectivity index is 1.60. The van der Waals surface area contributed by atoms with E-state index in [4.69, 9.17) is 9.15 Å². The van der Waals surface area contributed by atoms with Gasteiger partial charge in [-0.15, -0.1) is 0 Å². The minimum Gasteiger partial charge on any atom is -0.464 e. The summed E-state index contributed by atoms with van der Waals surface area (Å²) < 4.78 is 10.6. The largest absolute Gasteiger partial charge is 0.464 e. The average molecular weight is 245 g/mol. The van der Waals surface area contributed by atoms with Crippen molar-refractivity contribution in [2.75, 3.05) is 26.8 Å². The van der Waals surface area contributed by atoms with Crippen LogP contribution in [0.5, 0.6) is 0 Å². The van der Waals surface area contributed by atoms with E-state index in [1.807, 2.05) is 18.4 Å². The van der Waals surface area contributed by atoms with Crippen molar-refractivity contribution in [1.29, 1.82) is 0 Å². The zero-order valence-corrected chi connectivity index (χ0v) is 10.7. The number of hydrogen-bond donors (Lipinski definition) is 1. The summed E-state index contributed by atoms with van der Waals surface area (Å²) in [7, 11) is 1.74. The molecule has 0 spiro atoms. The van der Waals surface area contributed by atoms with E-state index in [1.165, 1.54) is 17.4 Å². The zero-order valence-electron chi connectivity index (χ0n) is 10.7. The van der Waals surface area contributed by atoms with Gasteiger partial charge in [0.25, 0.3) is 0 Å². The van der Waals surface area contributed by atoms with Crippen molar-refractivity contribution in [3.63, 3.8) is 0 Å². The first-order valence-electron chi connectivity index (χ1n) is 6.56. The summed E-state index contributed by atoms with van der Waals surface area (Å²) in [5, 5.41) is 4.71. The number of benzene rings is 1. The van der Waals surface area contributed by atoms with Crippen LogP contribution in [0.15, 0.2) is 34.9 Å². The summed E-state index contributed by atoms with van der Waals surface area (Å²) in [5.41, 5.74) is 2.38. The fraction of sp³-hybridized carbons (Fsp3) is 0.467. The number of hydrogen-bond acceptors (Lipinski definition) is 3. The van der Waals surface area contributed by atoms with Crippen molar-refractivity contribution in [3.05, 3.63) is 36.1 Å². The lowest BCUT2D eigenvalue weighted by atomic mass is 10.1. The molecule has 18 heavy (non-hydrogen) atoms. The maximum atomic E-state index is 5.60. The van der Waals surface area contributed by atoms with Crippen LogP contribution >= 0.6 is 0 Å². The van der Waals surface area contributed by atoms with Crippen LogP contribution in [0.3, 0.4) is 0 Å². The molecule has 1 fully saturated rings. The summed E-state index contributed by atoms with van der Waals surface area (Å²) >= 11 is 0. The van der Waals surface area contributed by atoms with E-state index in [-0.39, 0.29) is 0 Å². The molecule has 2 aromatic rings. The maximum absolute atomic E-state index is 5.60. The lowest BCUT2D eigenvalue weighted by Crippen LogP contribution is -2.21. The predicted molar refractivity (Wildman–Crippen MR) is 71.8 cm³/mol. The third-order valence-electron chi connectivity index (χ3n) is 3.72. The highest BCUT2D eigenvalue weighted by Crippen LogP contribution is 2.49. The van der Waals surface area contributed by atoms with Crippen LogP contribution in [-0.4, -0.2) is 26.8 Å². The summed E-state index contributed by atoms with van der Waals surface area (Å²) in [4.78, 5) is 0. The van der Waals surface area contributed by atoms with E-state index in [1.54, 1.807) is 7.11 Å². The fourth-order valence-corrected chi connectivity index (χ4v) is 2.60. The van der Waals surface area contributed by atoms with E-state index in [0.717, 1.165) is 31.2 Å². The number of rotatable bonds is 6. The molecule has 1 aromatic heterocycles. The first-order chi connectivity index (χ1) is 8.90. The second-order valence-corrected chi connectivity index (χ2v) is 4.99. The van der Waals surface area contributed by atoms with Crippen LogP contribution in [0.4, 0.5) is 0 Å². The molecule has 96 valence electrons. The molecule has 0 aliphatic heterocycles. The molecule has 2 atom stereocenters. The van der Waals surface area contributed by atoms with Crippen molar-refractivity contribution >= 4 is 11.0 Å². The lowest BCUT2D eigenvalue weighted by molar-refractivity contribution is 0.199. The zero-order chi connectivity index (χ0) is 12.4. The highest BCUT2D eigenvalue weighted by molar-refractivity contribution is 5.81. The molecule has 2 unspecified atom stereocenters. The van der Waals surface area contributed by atoms with Crippen LogP contribution in [0.1, 0.15) is 17.9 Å². The van der Waals surface area contributed by atoms with E-state index < -0.39 is 0 Å². The van der Waals surface area contributed by atoms with Gasteiger partial charge in [-0.05, 0) is 30.9 Å². The Kier molecular flexibility index (Phi) is 3.35. The molecule has 1 aliphatic rings. The molecule has 3 nitrogen and oxygen atoms in total. The van der Waals surface area contributed by atoms with Gasteiger partial charge in [-0.25, -0.2) is 0 Å². The van der Waals surface area contributed by atoms with Gasteiger partial charge in [0.15, 0.2) is 0 Å². The van der Waals surface area contributed by atoms with Gasteiger partial charge in [-0.1, -0.05) is 18.2 Å². The van der Waals surface area contributed by atoms with Gasteiger partial charge < -0.3 is 14.5 Å². The summed E-state index contributed by atoms with van der Waals surface area (Å²) in [6.07, 6.45) is 3.20. The van der Waals surface area contributed by atoms with Gasteiger partial charge in [0.1, 0.15) is 5.58 Å². The fourth-order valence-electron chi connectivity index (χ4n) is 2.60. The van der Waals surface area contributed by atoms with Gasteiger partial charge in [-0.2, -0.15) is 0 Å². The lowest BCUT2D eigenvalue weighted by Gasteiger charge is -2.02. The highest BCUT2D eigenvalue weighted by atomic mass is 16.5. The second kappa shape index (κ2) is 5.12.